The van der Waals surface area contributed by atoms with Crippen molar-refractivity contribution < 1.29 is 12.8 Å². The van der Waals surface area contributed by atoms with Gasteiger partial charge in [-0.05, 0) is 43.7 Å². The van der Waals surface area contributed by atoms with E-state index in [1.54, 1.807) is 10.4 Å². The maximum Gasteiger partial charge on any atom is 0.276 e. The zero-order chi connectivity index (χ0) is 12.8. The topological polar surface area (TPSA) is 76.5 Å². The first kappa shape index (κ1) is 12.2. The highest BCUT2D eigenvalue weighted by molar-refractivity contribution is 7.89. The second kappa shape index (κ2) is 4.36. The van der Waals surface area contributed by atoms with E-state index in [9.17, 15) is 8.42 Å². The van der Waals surface area contributed by atoms with Crippen molar-refractivity contribution in [2.24, 2.45) is 11.7 Å². The van der Waals surface area contributed by atoms with Gasteiger partial charge in [-0.1, -0.05) is 0 Å². The molecule has 0 saturated heterocycles. The molecule has 6 heteroatoms. The van der Waals surface area contributed by atoms with Gasteiger partial charge in [0.15, 0.2) is 0 Å². The highest BCUT2D eigenvalue weighted by atomic mass is 32.2. The molecule has 0 unspecified atom stereocenters. The van der Waals surface area contributed by atoms with Crippen LogP contribution >= 0.6 is 0 Å². The lowest BCUT2D eigenvalue weighted by atomic mass is 10.4. The van der Waals surface area contributed by atoms with Gasteiger partial charge in [-0.15, -0.1) is 0 Å². The Balaban J connectivity index is 1.85. The van der Waals surface area contributed by atoms with Gasteiger partial charge in [-0.25, -0.2) is 8.42 Å². The molecule has 0 spiro atoms. The van der Waals surface area contributed by atoms with Crippen LogP contribution in [0.25, 0.3) is 0 Å². The number of sulfonamides is 1. The van der Waals surface area contributed by atoms with E-state index in [2.05, 4.69) is 0 Å². The van der Waals surface area contributed by atoms with E-state index in [0.29, 0.717) is 18.2 Å². The Hall–Kier alpha value is -0.850. The number of furan rings is 1. The molecule has 2 fully saturated rings. The smallest absolute Gasteiger partial charge is 0.276 e. The highest BCUT2D eigenvalue weighted by Crippen LogP contribution is 2.38. The molecule has 3 rings (SSSR count). The number of hydrogen-bond donors (Lipinski definition) is 1. The Morgan fingerprint density at radius 3 is 2.50 bits per heavy atom. The van der Waals surface area contributed by atoms with Gasteiger partial charge in [0.2, 0.25) is 5.09 Å². The normalized spacial score (nSPS) is 20.6. The molecule has 1 aromatic heterocycles. The summed E-state index contributed by atoms with van der Waals surface area (Å²) in [5.41, 5.74) is 5.44. The fourth-order valence-corrected chi connectivity index (χ4v) is 3.78. The molecule has 2 aliphatic carbocycles. The Morgan fingerprint density at radius 2 is 2.00 bits per heavy atom. The van der Waals surface area contributed by atoms with Crippen molar-refractivity contribution in [3.05, 3.63) is 17.9 Å². The predicted molar refractivity (Wildman–Crippen MR) is 66.2 cm³/mol. The lowest BCUT2D eigenvalue weighted by Gasteiger charge is -2.20. The van der Waals surface area contributed by atoms with Gasteiger partial charge in [0.25, 0.3) is 10.0 Å². The zero-order valence-electron chi connectivity index (χ0n) is 10.2. The number of nitrogens with two attached hydrogens (primary N) is 1. The maximum absolute atomic E-state index is 12.5. The van der Waals surface area contributed by atoms with Crippen molar-refractivity contribution >= 4 is 10.0 Å². The Bertz CT molecular complexity index is 529. The Kier molecular flexibility index (Phi) is 2.96. The van der Waals surface area contributed by atoms with Crippen LogP contribution in [-0.2, 0) is 16.6 Å². The second-order valence-electron chi connectivity index (χ2n) is 5.17. The molecule has 0 amide bonds. The lowest BCUT2D eigenvalue weighted by molar-refractivity contribution is 0.355. The lowest BCUT2D eigenvalue weighted by Crippen LogP contribution is -2.34. The summed E-state index contributed by atoms with van der Waals surface area (Å²) in [6, 6.07) is 3.33. The van der Waals surface area contributed by atoms with E-state index in [4.69, 9.17) is 10.2 Å². The van der Waals surface area contributed by atoms with Crippen LogP contribution in [0.2, 0.25) is 0 Å². The molecular formula is C12H18N2O3S. The third-order valence-corrected chi connectivity index (χ3v) is 5.28. The monoisotopic (exact) mass is 270 g/mol. The minimum absolute atomic E-state index is 0.0375. The zero-order valence-corrected chi connectivity index (χ0v) is 11.0. The van der Waals surface area contributed by atoms with E-state index in [0.717, 1.165) is 25.7 Å². The average Bonchev–Trinajstić information content (AvgIpc) is 3.24. The van der Waals surface area contributed by atoms with Crippen molar-refractivity contribution in [1.29, 1.82) is 0 Å². The third kappa shape index (κ3) is 2.32. The fraction of sp³-hybridized carbons (Fsp3) is 0.667. The van der Waals surface area contributed by atoms with E-state index in [1.165, 1.54) is 6.07 Å². The van der Waals surface area contributed by atoms with Gasteiger partial charge < -0.3 is 10.2 Å². The number of nitrogens with zero attached hydrogens (tertiary/aromatic N) is 1. The molecule has 1 heterocycles. The minimum Gasteiger partial charge on any atom is -0.447 e. The number of hydrogen-bond acceptors (Lipinski definition) is 4. The van der Waals surface area contributed by atoms with Crippen LogP contribution in [0.1, 0.15) is 31.4 Å². The summed E-state index contributed by atoms with van der Waals surface area (Å²) in [5, 5.41) is 0.0375. The quantitative estimate of drug-likeness (QED) is 0.845. The van der Waals surface area contributed by atoms with Gasteiger partial charge in [0.05, 0.1) is 6.54 Å². The first-order chi connectivity index (χ1) is 8.61. The molecule has 5 nitrogen and oxygen atoms in total. The highest BCUT2D eigenvalue weighted by Gasteiger charge is 2.42. The van der Waals surface area contributed by atoms with Gasteiger partial charge in [0.1, 0.15) is 5.76 Å². The maximum atomic E-state index is 12.5. The molecule has 0 aromatic carbocycles. The van der Waals surface area contributed by atoms with Crippen molar-refractivity contribution in [2.75, 3.05) is 6.54 Å². The summed E-state index contributed by atoms with van der Waals surface area (Å²) in [7, 11) is -3.47. The molecule has 1 aromatic rings. The second-order valence-corrected chi connectivity index (χ2v) is 7.00. The SMILES string of the molecule is NCc1ccc(S(=O)(=O)N(CC2CC2)C2CC2)o1. The molecule has 2 aliphatic rings. The van der Waals surface area contributed by atoms with E-state index in [1.807, 2.05) is 0 Å². The van der Waals surface area contributed by atoms with Crippen molar-refractivity contribution in [2.45, 2.75) is 43.4 Å². The van der Waals surface area contributed by atoms with Crippen LogP contribution in [0.15, 0.2) is 21.6 Å². The van der Waals surface area contributed by atoms with Crippen LogP contribution in [0.5, 0.6) is 0 Å². The molecule has 0 bridgehead atoms. The largest absolute Gasteiger partial charge is 0.447 e. The summed E-state index contributed by atoms with van der Waals surface area (Å²) in [5.74, 6) is 1.06. The van der Waals surface area contributed by atoms with E-state index >= 15 is 0 Å². The van der Waals surface area contributed by atoms with E-state index in [-0.39, 0.29) is 17.7 Å². The summed E-state index contributed by atoms with van der Waals surface area (Å²) in [6.07, 6.45) is 4.22. The Morgan fingerprint density at radius 1 is 1.28 bits per heavy atom. The predicted octanol–water partition coefficient (Wildman–Crippen LogP) is 1.30. The molecule has 100 valence electrons. The van der Waals surface area contributed by atoms with Crippen LogP contribution in [-0.4, -0.2) is 25.3 Å². The fourth-order valence-electron chi connectivity index (χ4n) is 2.08. The summed E-state index contributed by atoms with van der Waals surface area (Å²) in [6.45, 7) is 0.868. The van der Waals surface area contributed by atoms with Crippen LogP contribution in [0.4, 0.5) is 0 Å². The minimum atomic E-state index is -3.47. The van der Waals surface area contributed by atoms with Crippen molar-refractivity contribution in [3.8, 4) is 0 Å². The van der Waals surface area contributed by atoms with Crippen molar-refractivity contribution in [3.63, 3.8) is 0 Å². The average molecular weight is 270 g/mol. The summed E-state index contributed by atoms with van der Waals surface area (Å²) < 4.78 is 31.9. The van der Waals surface area contributed by atoms with Gasteiger partial charge in [-0.2, -0.15) is 4.31 Å². The van der Waals surface area contributed by atoms with Crippen molar-refractivity contribution in [1.82, 2.24) is 4.31 Å². The summed E-state index contributed by atoms with van der Waals surface area (Å²) >= 11 is 0. The third-order valence-electron chi connectivity index (χ3n) is 3.49. The molecule has 2 saturated carbocycles. The van der Waals surface area contributed by atoms with Gasteiger partial charge >= 0.3 is 0 Å². The molecule has 18 heavy (non-hydrogen) atoms. The molecule has 0 radical (unpaired) electrons. The number of rotatable bonds is 6. The van der Waals surface area contributed by atoms with E-state index < -0.39 is 10.0 Å². The first-order valence-corrected chi connectivity index (χ1v) is 7.86. The van der Waals surface area contributed by atoms with Crippen LogP contribution < -0.4 is 5.73 Å². The molecular weight excluding hydrogens is 252 g/mol. The first-order valence-electron chi connectivity index (χ1n) is 6.42. The summed E-state index contributed by atoms with van der Waals surface area (Å²) in [4.78, 5) is 0. The van der Waals surface area contributed by atoms with Crippen LogP contribution in [0.3, 0.4) is 0 Å². The standard InChI is InChI=1S/C12H18N2O3S/c13-7-11-5-6-12(17-11)18(15,16)14(10-3-4-10)8-9-1-2-9/h5-6,9-10H,1-4,7-8,13H2. The Labute approximate surface area is 107 Å². The van der Waals surface area contributed by atoms with Crippen LogP contribution in [0, 0.1) is 5.92 Å². The van der Waals surface area contributed by atoms with Gasteiger partial charge in [0, 0.05) is 12.6 Å². The molecule has 2 N–H and O–H groups in total. The van der Waals surface area contributed by atoms with Gasteiger partial charge in [-0.3, -0.25) is 0 Å². The molecule has 0 atom stereocenters. The molecule has 0 aliphatic heterocycles.